The maximum absolute atomic E-state index is 12.3. The van der Waals surface area contributed by atoms with Gasteiger partial charge in [0.25, 0.3) is 5.91 Å². The lowest BCUT2D eigenvalue weighted by molar-refractivity contribution is 0.102. The van der Waals surface area contributed by atoms with E-state index in [2.05, 4.69) is 25.8 Å². The van der Waals surface area contributed by atoms with Crippen LogP contribution in [0.1, 0.15) is 21.7 Å². The minimum absolute atomic E-state index is 0.234. The van der Waals surface area contributed by atoms with Gasteiger partial charge in [-0.3, -0.25) is 9.78 Å². The Morgan fingerprint density at radius 2 is 2.00 bits per heavy atom. The zero-order valence-corrected chi connectivity index (χ0v) is 14.3. The number of benzene rings is 1. The maximum atomic E-state index is 12.3. The fraction of sp³-hybridized carbons (Fsp3) is 0.111. The van der Waals surface area contributed by atoms with E-state index in [1.54, 1.807) is 36.5 Å². The number of nitrogens with one attached hydrogen (secondary N) is 2. The van der Waals surface area contributed by atoms with Gasteiger partial charge in [-0.05, 0) is 55.0 Å². The third kappa shape index (κ3) is 4.51. The molecule has 0 atom stereocenters. The Morgan fingerprint density at radius 1 is 1.12 bits per heavy atom. The normalized spacial score (nSPS) is 10.3. The highest BCUT2D eigenvalue weighted by molar-refractivity contribution is 6.30. The van der Waals surface area contributed by atoms with Crippen LogP contribution >= 0.6 is 11.6 Å². The number of pyridine rings is 1. The maximum Gasteiger partial charge on any atom is 0.276 e. The molecule has 0 unspecified atom stereocenters. The molecule has 3 aromatic rings. The summed E-state index contributed by atoms with van der Waals surface area (Å²) in [5, 5.41) is 14.5. The summed E-state index contributed by atoms with van der Waals surface area (Å²) in [6.07, 6.45) is 1.73. The number of hydrogen-bond donors (Lipinski definition) is 2. The standard InChI is InChI=1S/C18H16ClN5O/c1-12-10-13(19)5-6-15(12)22-18(25)16-7-8-17(24-23-16)21-11-14-4-2-3-9-20-14/h2-10H,11H2,1H3,(H,21,24)(H,22,25). The van der Waals surface area contributed by atoms with Crippen LogP contribution in [0.15, 0.2) is 54.7 Å². The van der Waals surface area contributed by atoms with Crippen LogP contribution in [0.2, 0.25) is 5.02 Å². The first-order valence-corrected chi connectivity index (χ1v) is 8.04. The highest BCUT2D eigenvalue weighted by atomic mass is 35.5. The van der Waals surface area contributed by atoms with E-state index < -0.39 is 0 Å². The van der Waals surface area contributed by atoms with Crippen LogP contribution in [-0.2, 0) is 6.54 Å². The molecule has 0 aliphatic rings. The molecule has 0 radical (unpaired) electrons. The second-order valence-corrected chi connectivity index (χ2v) is 5.83. The van der Waals surface area contributed by atoms with Crippen molar-refractivity contribution in [2.45, 2.75) is 13.5 Å². The third-order valence-electron chi connectivity index (χ3n) is 3.51. The monoisotopic (exact) mass is 353 g/mol. The van der Waals surface area contributed by atoms with E-state index in [1.165, 1.54) is 0 Å². The fourth-order valence-electron chi connectivity index (χ4n) is 2.19. The minimum Gasteiger partial charge on any atom is -0.363 e. The van der Waals surface area contributed by atoms with E-state index in [0.29, 0.717) is 23.1 Å². The van der Waals surface area contributed by atoms with Gasteiger partial charge in [0.2, 0.25) is 0 Å². The Bertz CT molecular complexity index is 868. The van der Waals surface area contributed by atoms with Crippen LogP contribution in [0.25, 0.3) is 0 Å². The Kier molecular flexibility index (Phi) is 5.20. The van der Waals surface area contributed by atoms with Crippen molar-refractivity contribution in [3.8, 4) is 0 Å². The number of hydrogen-bond acceptors (Lipinski definition) is 5. The number of aromatic nitrogens is 3. The lowest BCUT2D eigenvalue weighted by atomic mass is 10.2. The highest BCUT2D eigenvalue weighted by Gasteiger charge is 2.10. The van der Waals surface area contributed by atoms with Gasteiger partial charge in [-0.15, -0.1) is 10.2 Å². The van der Waals surface area contributed by atoms with Gasteiger partial charge >= 0.3 is 0 Å². The van der Waals surface area contributed by atoms with Crippen LogP contribution in [-0.4, -0.2) is 21.1 Å². The Balaban J connectivity index is 1.62. The first kappa shape index (κ1) is 16.9. The van der Waals surface area contributed by atoms with E-state index in [0.717, 1.165) is 11.3 Å². The molecule has 0 saturated heterocycles. The molecule has 0 aliphatic carbocycles. The summed E-state index contributed by atoms with van der Waals surface area (Å²) in [5.41, 5.74) is 2.69. The predicted octanol–water partition coefficient (Wildman–Crippen LogP) is 3.70. The van der Waals surface area contributed by atoms with E-state index >= 15 is 0 Å². The van der Waals surface area contributed by atoms with Gasteiger partial charge in [-0.25, -0.2) is 0 Å². The minimum atomic E-state index is -0.325. The molecule has 1 aromatic carbocycles. The molecule has 25 heavy (non-hydrogen) atoms. The molecule has 3 rings (SSSR count). The molecular formula is C18H16ClN5O. The Hall–Kier alpha value is -2.99. The molecular weight excluding hydrogens is 338 g/mol. The topological polar surface area (TPSA) is 79.8 Å². The number of nitrogens with zero attached hydrogens (tertiary/aromatic N) is 3. The molecule has 1 amide bonds. The second-order valence-electron chi connectivity index (χ2n) is 5.39. The van der Waals surface area contributed by atoms with Crippen molar-refractivity contribution in [1.29, 1.82) is 0 Å². The van der Waals surface area contributed by atoms with Gasteiger partial charge in [0, 0.05) is 16.9 Å². The van der Waals surface area contributed by atoms with Gasteiger partial charge in [0.1, 0.15) is 5.82 Å². The first-order chi connectivity index (χ1) is 12.1. The van der Waals surface area contributed by atoms with Gasteiger partial charge in [0.15, 0.2) is 5.69 Å². The highest BCUT2D eigenvalue weighted by Crippen LogP contribution is 2.20. The van der Waals surface area contributed by atoms with Crippen molar-refractivity contribution in [3.63, 3.8) is 0 Å². The van der Waals surface area contributed by atoms with Gasteiger partial charge in [-0.2, -0.15) is 0 Å². The number of carbonyl (C=O) groups excluding carboxylic acids is 1. The average molecular weight is 354 g/mol. The van der Waals surface area contributed by atoms with Crippen molar-refractivity contribution in [1.82, 2.24) is 15.2 Å². The van der Waals surface area contributed by atoms with E-state index in [-0.39, 0.29) is 11.6 Å². The number of halogens is 1. The van der Waals surface area contributed by atoms with Crippen molar-refractivity contribution < 1.29 is 4.79 Å². The lowest BCUT2D eigenvalue weighted by Crippen LogP contribution is -2.15. The number of anilines is 2. The first-order valence-electron chi connectivity index (χ1n) is 7.67. The summed E-state index contributed by atoms with van der Waals surface area (Å²) in [6.45, 7) is 2.41. The molecule has 2 aromatic heterocycles. The molecule has 0 bridgehead atoms. The number of amides is 1. The molecule has 7 heteroatoms. The molecule has 2 heterocycles. The van der Waals surface area contributed by atoms with Crippen LogP contribution in [0.5, 0.6) is 0 Å². The SMILES string of the molecule is Cc1cc(Cl)ccc1NC(=O)c1ccc(NCc2ccccn2)nn1. The second kappa shape index (κ2) is 7.72. The number of carbonyl (C=O) groups is 1. The van der Waals surface area contributed by atoms with Gasteiger partial charge in [-0.1, -0.05) is 17.7 Å². The zero-order valence-electron chi connectivity index (χ0n) is 13.5. The van der Waals surface area contributed by atoms with Gasteiger partial charge < -0.3 is 10.6 Å². The van der Waals surface area contributed by atoms with Crippen LogP contribution in [0, 0.1) is 6.92 Å². The van der Waals surface area contributed by atoms with E-state index in [4.69, 9.17) is 11.6 Å². The van der Waals surface area contributed by atoms with Crippen LogP contribution < -0.4 is 10.6 Å². The number of rotatable bonds is 5. The largest absolute Gasteiger partial charge is 0.363 e. The lowest BCUT2D eigenvalue weighted by Gasteiger charge is -2.08. The van der Waals surface area contributed by atoms with E-state index in [9.17, 15) is 4.79 Å². The molecule has 0 saturated carbocycles. The summed E-state index contributed by atoms with van der Waals surface area (Å²) in [4.78, 5) is 16.5. The van der Waals surface area contributed by atoms with E-state index in [1.807, 2.05) is 25.1 Å². The summed E-state index contributed by atoms with van der Waals surface area (Å²) in [5.74, 6) is 0.249. The fourth-order valence-corrected chi connectivity index (χ4v) is 2.41. The molecule has 0 fully saturated rings. The van der Waals surface area contributed by atoms with Crippen LogP contribution in [0.3, 0.4) is 0 Å². The molecule has 6 nitrogen and oxygen atoms in total. The molecule has 0 aliphatic heterocycles. The zero-order chi connectivity index (χ0) is 17.6. The predicted molar refractivity (Wildman–Crippen MR) is 97.7 cm³/mol. The summed E-state index contributed by atoms with van der Waals surface area (Å²) >= 11 is 5.92. The quantitative estimate of drug-likeness (QED) is 0.731. The average Bonchev–Trinajstić information content (AvgIpc) is 2.63. The Morgan fingerprint density at radius 3 is 2.68 bits per heavy atom. The summed E-state index contributed by atoms with van der Waals surface area (Å²) in [7, 11) is 0. The third-order valence-corrected chi connectivity index (χ3v) is 3.75. The van der Waals surface area contributed by atoms with Crippen LogP contribution in [0.4, 0.5) is 11.5 Å². The Labute approximate surface area is 150 Å². The summed E-state index contributed by atoms with van der Waals surface area (Å²) in [6, 6.07) is 14.3. The smallest absolute Gasteiger partial charge is 0.276 e. The molecule has 0 spiro atoms. The van der Waals surface area contributed by atoms with Crippen molar-refractivity contribution in [3.05, 3.63) is 76.7 Å². The van der Waals surface area contributed by atoms with Crippen molar-refractivity contribution in [2.24, 2.45) is 0 Å². The van der Waals surface area contributed by atoms with Crippen molar-refractivity contribution in [2.75, 3.05) is 10.6 Å². The number of aryl methyl sites for hydroxylation is 1. The molecule has 126 valence electrons. The van der Waals surface area contributed by atoms with Gasteiger partial charge in [0.05, 0.1) is 12.2 Å². The summed E-state index contributed by atoms with van der Waals surface area (Å²) < 4.78 is 0. The molecule has 2 N–H and O–H groups in total. The van der Waals surface area contributed by atoms with Crippen molar-refractivity contribution >= 4 is 29.0 Å².